The van der Waals surface area contributed by atoms with Crippen LogP contribution in [-0.2, 0) is 0 Å². The Hall–Kier alpha value is -2.69. The Bertz CT molecular complexity index is 709. The van der Waals surface area contributed by atoms with E-state index in [0.717, 1.165) is 12.1 Å². The largest absolute Gasteiger partial charge is 0.352 e. The fraction of sp³-hybridized carbons (Fsp3) is 0.316. The lowest BCUT2D eigenvalue weighted by Gasteiger charge is -2.09. The Labute approximate surface area is 142 Å². The molecule has 126 valence electrons. The smallest absolute Gasteiger partial charge is 0.252 e. The van der Waals surface area contributed by atoms with Crippen molar-refractivity contribution in [2.75, 3.05) is 11.9 Å². The number of rotatable bonds is 7. The van der Waals surface area contributed by atoms with E-state index in [1.807, 2.05) is 12.1 Å². The molecule has 0 saturated carbocycles. The molecule has 1 amide bonds. The second-order valence-corrected chi connectivity index (χ2v) is 6.13. The number of ketones is 1. The first-order valence-corrected chi connectivity index (χ1v) is 8.08. The molecule has 0 bridgehead atoms. The summed E-state index contributed by atoms with van der Waals surface area (Å²) in [5, 5.41) is 6.01. The third kappa shape index (κ3) is 5.19. The highest BCUT2D eigenvalue weighted by molar-refractivity contribution is 5.95. The number of benzene rings is 1. The number of nitrogens with one attached hydrogen (secondary N) is 2. The fourth-order valence-corrected chi connectivity index (χ4v) is 2.14. The first kappa shape index (κ1) is 17.7. The molecular weight excluding hydrogens is 302 g/mol. The van der Waals surface area contributed by atoms with Gasteiger partial charge in [0.25, 0.3) is 5.91 Å². The highest BCUT2D eigenvalue weighted by Crippen LogP contribution is 2.16. The third-order valence-corrected chi connectivity index (χ3v) is 3.57. The minimum Gasteiger partial charge on any atom is -0.352 e. The van der Waals surface area contributed by atoms with Crippen LogP contribution >= 0.6 is 0 Å². The van der Waals surface area contributed by atoms with Gasteiger partial charge in [-0.3, -0.25) is 9.59 Å². The van der Waals surface area contributed by atoms with Gasteiger partial charge in [0.1, 0.15) is 5.82 Å². The number of aromatic nitrogens is 1. The van der Waals surface area contributed by atoms with Crippen LogP contribution < -0.4 is 10.6 Å². The van der Waals surface area contributed by atoms with Crippen LogP contribution in [0.2, 0.25) is 0 Å². The van der Waals surface area contributed by atoms with E-state index in [9.17, 15) is 9.59 Å². The van der Waals surface area contributed by atoms with E-state index in [2.05, 4.69) is 29.5 Å². The molecule has 0 spiro atoms. The Morgan fingerprint density at radius 3 is 2.54 bits per heavy atom. The summed E-state index contributed by atoms with van der Waals surface area (Å²) < 4.78 is 0. The van der Waals surface area contributed by atoms with Crippen LogP contribution in [0.15, 0.2) is 42.6 Å². The average molecular weight is 325 g/mol. The van der Waals surface area contributed by atoms with E-state index < -0.39 is 0 Å². The molecular formula is C19H23N3O2. The summed E-state index contributed by atoms with van der Waals surface area (Å²) in [5.41, 5.74) is 1.95. The first-order chi connectivity index (χ1) is 11.5. The predicted molar refractivity (Wildman–Crippen MR) is 95.8 cm³/mol. The Balaban J connectivity index is 1.98. The van der Waals surface area contributed by atoms with Gasteiger partial charge in [-0.25, -0.2) is 4.98 Å². The second kappa shape index (κ2) is 8.24. The summed E-state index contributed by atoms with van der Waals surface area (Å²) in [5.74, 6) is 1.07. The normalized spacial score (nSPS) is 10.5. The number of hydrogen-bond acceptors (Lipinski definition) is 4. The molecule has 0 aliphatic rings. The Kier molecular flexibility index (Phi) is 6.07. The fourth-order valence-electron chi connectivity index (χ4n) is 2.14. The van der Waals surface area contributed by atoms with Crippen molar-refractivity contribution in [2.45, 2.75) is 27.2 Å². The van der Waals surface area contributed by atoms with E-state index in [-0.39, 0.29) is 11.7 Å². The molecule has 2 aromatic rings. The first-order valence-electron chi connectivity index (χ1n) is 8.08. The van der Waals surface area contributed by atoms with Crippen LogP contribution in [0.5, 0.6) is 0 Å². The lowest BCUT2D eigenvalue weighted by atomic mass is 10.1. The van der Waals surface area contributed by atoms with Crippen LogP contribution in [0.25, 0.3) is 0 Å². The van der Waals surface area contributed by atoms with Gasteiger partial charge in [0.05, 0.1) is 5.56 Å². The summed E-state index contributed by atoms with van der Waals surface area (Å²) in [6, 6.07) is 10.7. The van der Waals surface area contributed by atoms with Gasteiger partial charge < -0.3 is 10.6 Å². The standard InChI is InChI=1S/C19H23N3O2/c1-13(2)9-10-20-19(24)16-7-8-18(21-12-16)22-17-6-4-5-15(11-17)14(3)23/h4-8,11-13H,9-10H2,1-3H3,(H,20,24)(H,21,22). The maximum atomic E-state index is 12.0. The maximum absolute atomic E-state index is 12.0. The van der Waals surface area contributed by atoms with Crippen molar-refractivity contribution in [3.8, 4) is 0 Å². The summed E-state index contributed by atoms with van der Waals surface area (Å²) >= 11 is 0. The molecule has 0 aliphatic carbocycles. The van der Waals surface area contributed by atoms with E-state index in [0.29, 0.717) is 29.4 Å². The number of carbonyl (C=O) groups excluding carboxylic acids is 2. The Morgan fingerprint density at radius 2 is 1.92 bits per heavy atom. The molecule has 0 atom stereocenters. The van der Waals surface area contributed by atoms with Crippen LogP contribution in [0.3, 0.4) is 0 Å². The highest BCUT2D eigenvalue weighted by atomic mass is 16.1. The number of anilines is 2. The predicted octanol–water partition coefficient (Wildman–Crippen LogP) is 3.80. The lowest BCUT2D eigenvalue weighted by Crippen LogP contribution is -2.25. The number of amides is 1. The van der Waals surface area contributed by atoms with E-state index in [1.165, 1.54) is 6.92 Å². The summed E-state index contributed by atoms with van der Waals surface area (Å²) in [7, 11) is 0. The second-order valence-electron chi connectivity index (χ2n) is 6.13. The topological polar surface area (TPSA) is 71.1 Å². The van der Waals surface area contributed by atoms with Crippen LogP contribution in [0.1, 0.15) is 47.9 Å². The SMILES string of the molecule is CC(=O)c1cccc(Nc2ccc(C(=O)NCCC(C)C)cn2)c1. The van der Waals surface area contributed by atoms with Gasteiger partial charge in [0.15, 0.2) is 5.78 Å². The van der Waals surface area contributed by atoms with Gasteiger partial charge in [-0.15, -0.1) is 0 Å². The van der Waals surface area contributed by atoms with Crippen molar-refractivity contribution >= 4 is 23.2 Å². The zero-order chi connectivity index (χ0) is 17.5. The molecule has 2 rings (SSSR count). The Morgan fingerprint density at radius 1 is 1.12 bits per heavy atom. The third-order valence-electron chi connectivity index (χ3n) is 3.57. The molecule has 1 heterocycles. The van der Waals surface area contributed by atoms with Crippen LogP contribution in [0, 0.1) is 5.92 Å². The van der Waals surface area contributed by atoms with E-state index in [4.69, 9.17) is 0 Å². The quantitative estimate of drug-likeness (QED) is 0.760. The van der Waals surface area contributed by atoms with Crippen molar-refractivity contribution in [3.63, 3.8) is 0 Å². The minimum atomic E-state index is -0.117. The maximum Gasteiger partial charge on any atom is 0.252 e. The van der Waals surface area contributed by atoms with Gasteiger partial charge in [0.2, 0.25) is 0 Å². The summed E-state index contributed by atoms with van der Waals surface area (Å²) in [6.45, 7) is 6.43. The molecule has 5 heteroatoms. The van der Waals surface area contributed by atoms with E-state index >= 15 is 0 Å². The van der Waals surface area contributed by atoms with Gasteiger partial charge in [0, 0.05) is 24.0 Å². The van der Waals surface area contributed by atoms with Gasteiger partial charge in [-0.2, -0.15) is 0 Å². The summed E-state index contributed by atoms with van der Waals surface area (Å²) in [4.78, 5) is 27.7. The van der Waals surface area contributed by atoms with Gasteiger partial charge in [-0.1, -0.05) is 26.0 Å². The molecule has 0 saturated heterocycles. The molecule has 1 aromatic heterocycles. The summed E-state index contributed by atoms with van der Waals surface area (Å²) in [6.07, 6.45) is 2.49. The molecule has 0 fully saturated rings. The molecule has 0 aliphatic heterocycles. The van der Waals surface area contributed by atoms with Crippen LogP contribution in [0.4, 0.5) is 11.5 Å². The zero-order valence-corrected chi connectivity index (χ0v) is 14.3. The lowest BCUT2D eigenvalue weighted by molar-refractivity contribution is 0.0950. The van der Waals surface area contributed by atoms with Gasteiger partial charge >= 0.3 is 0 Å². The van der Waals surface area contributed by atoms with Gasteiger partial charge in [-0.05, 0) is 43.5 Å². The molecule has 2 N–H and O–H groups in total. The van der Waals surface area contributed by atoms with Crippen molar-refractivity contribution in [2.24, 2.45) is 5.92 Å². The molecule has 0 unspecified atom stereocenters. The number of nitrogens with zero attached hydrogens (tertiary/aromatic N) is 1. The van der Waals surface area contributed by atoms with Crippen molar-refractivity contribution in [1.82, 2.24) is 10.3 Å². The monoisotopic (exact) mass is 325 g/mol. The molecule has 24 heavy (non-hydrogen) atoms. The highest BCUT2D eigenvalue weighted by Gasteiger charge is 2.07. The molecule has 1 aromatic carbocycles. The van der Waals surface area contributed by atoms with Crippen molar-refractivity contribution in [1.29, 1.82) is 0 Å². The zero-order valence-electron chi connectivity index (χ0n) is 14.3. The minimum absolute atomic E-state index is 0.0139. The number of carbonyl (C=O) groups is 2. The van der Waals surface area contributed by atoms with Crippen molar-refractivity contribution in [3.05, 3.63) is 53.7 Å². The van der Waals surface area contributed by atoms with Crippen molar-refractivity contribution < 1.29 is 9.59 Å². The number of Topliss-reactive ketones (excluding diaryl/α,β-unsaturated/α-hetero) is 1. The number of hydrogen-bond donors (Lipinski definition) is 2. The van der Waals surface area contributed by atoms with E-state index in [1.54, 1.807) is 30.5 Å². The molecule has 5 nitrogen and oxygen atoms in total. The van der Waals surface area contributed by atoms with Crippen LogP contribution in [-0.4, -0.2) is 23.2 Å². The average Bonchev–Trinajstić information content (AvgIpc) is 2.55. The number of pyridine rings is 1. The molecule has 0 radical (unpaired) electrons.